The van der Waals surface area contributed by atoms with Crippen molar-refractivity contribution >= 4 is 0 Å². The first-order chi connectivity index (χ1) is 14.6. The van der Waals surface area contributed by atoms with Crippen molar-refractivity contribution in [3.05, 3.63) is 83.8 Å². The van der Waals surface area contributed by atoms with E-state index >= 15 is 0 Å². The van der Waals surface area contributed by atoms with E-state index in [1.54, 1.807) is 31.6 Å². The molecule has 2 heterocycles. The van der Waals surface area contributed by atoms with Gasteiger partial charge in [-0.2, -0.15) is 0 Å². The van der Waals surface area contributed by atoms with E-state index in [9.17, 15) is 9.50 Å². The van der Waals surface area contributed by atoms with Crippen LogP contribution < -0.4 is 0 Å². The first-order valence-electron chi connectivity index (χ1n) is 10.0. The summed E-state index contributed by atoms with van der Waals surface area (Å²) in [6.07, 6.45) is 2.95. The van der Waals surface area contributed by atoms with Crippen molar-refractivity contribution < 1.29 is 23.4 Å². The third-order valence-electron chi connectivity index (χ3n) is 4.77. The lowest BCUT2D eigenvalue weighted by Crippen LogP contribution is -2.37. The Balaban J connectivity index is 1.55. The van der Waals surface area contributed by atoms with Gasteiger partial charge in [0.1, 0.15) is 18.2 Å². The molecule has 7 heteroatoms. The lowest BCUT2D eigenvalue weighted by Gasteiger charge is -2.25. The van der Waals surface area contributed by atoms with Gasteiger partial charge < -0.3 is 23.6 Å². The lowest BCUT2D eigenvalue weighted by molar-refractivity contribution is 0.000155. The Morgan fingerprint density at radius 2 is 2.10 bits per heavy atom. The molecule has 0 aliphatic rings. The molecule has 0 aliphatic carbocycles. The van der Waals surface area contributed by atoms with Crippen LogP contribution in [0.1, 0.15) is 17.0 Å². The smallest absolute Gasteiger partial charge is 0.129 e. The molecular weight excluding hydrogens is 387 g/mol. The van der Waals surface area contributed by atoms with Gasteiger partial charge >= 0.3 is 0 Å². The van der Waals surface area contributed by atoms with Gasteiger partial charge in [0, 0.05) is 45.2 Å². The van der Waals surface area contributed by atoms with Crippen LogP contribution in [0.3, 0.4) is 0 Å². The summed E-state index contributed by atoms with van der Waals surface area (Å²) in [5.74, 6) is 0.495. The third-order valence-corrected chi connectivity index (χ3v) is 4.77. The van der Waals surface area contributed by atoms with Crippen LogP contribution in [0.5, 0.6) is 0 Å². The number of furan rings is 1. The molecule has 162 valence electrons. The van der Waals surface area contributed by atoms with E-state index in [1.807, 2.05) is 30.5 Å². The number of halogens is 1. The molecule has 3 rings (SSSR count). The Morgan fingerprint density at radius 3 is 2.87 bits per heavy atom. The molecule has 1 unspecified atom stereocenters. The zero-order valence-electron chi connectivity index (χ0n) is 17.2. The molecule has 6 nitrogen and oxygen atoms in total. The second-order valence-corrected chi connectivity index (χ2v) is 7.23. The monoisotopic (exact) mass is 416 g/mol. The van der Waals surface area contributed by atoms with E-state index in [2.05, 4.69) is 9.47 Å². The van der Waals surface area contributed by atoms with E-state index in [0.29, 0.717) is 39.4 Å². The molecule has 0 saturated heterocycles. The Labute approximate surface area is 176 Å². The number of aliphatic hydroxyl groups excluding tert-OH is 1. The van der Waals surface area contributed by atoms with Gasteiger partial charge in [0.05, 0.1) is 25.6 Å². The standard InChI is InChI=1S/C23H29FN2O4/c1-28-12-10-25(16-22(27)17-29-18-23-8-4-11-30-23)15-21-7-3-9-26(21)14-19-5-2-6-20(24)13-19/h2-9,11,13,22,27H,10,12,14-18H2,1H3. The Hall–Kier alpha value is -2.45. The summed E-state index contributed by atoms with van der Waals surface area (Å²) in [5.41, 5.74) is 1.99. The summed E-state index contributed by atoms with van der Waals surface area (Å²) in [4.78, 5) is 2.13. The molecule has 0 radical (unpaired) electrons. The van der Waals surface area contributed by atoms with Crippen molar-refractivity contribution in [1.29, 1.82) is 0 Å². The fourth-order valence-corrected chi connectivity index (χ4v) is 3.30. The van der Waals surface area contributed by atoms with Gasteiger partial charge in [-0.3, -0.25) is 4.90 Å². The highest BCUT2D eigenvalue weighted by Crippen LogP contribution is 2.12. The normalized spacial score (nSPS) is 12.5. The van der Waals surface area contributed by atoms with Crippen LogP contribution in [-0.2, 0) is 29.2 Å². The van der Waals surface area contributed by atoms with Crippen molar-refractivity contribution in [3.8, 4) is 0 Å². The molecular formula is C23H29FN2O4. The molecule has 2 aromatic heterocycles. The molecule has 30 heavy (non-hydrogen) atoms. The maximum absolute atomic E-state index is 13.5. The fraction of sp³-hybridized carbons (Fsp3) is 0.391. The van der Waals surface area contributed by atoms with Crippen molar-refractivity contribution in [2.24, 2.45) is 0 Å². The first-order valence-corrected chi connectivity index (χ1v) is 10.0. The second-order valence-electron chi connectivity index (χ2n) is 7.23. The van der Waals surface area contributed by atoms with E-state index in [0.717, 1.165) is 17.0 Å². The van der Waals surface area contributed by atoms with Gasteiger partial charge in [0.15, 0.2) is 0 Å². The van der Waals surface area contributed by atoms with Gasteiger partial charge in [-0.15, -0.1) is 0 Å². The van der Waals surface area contributed by atoms with Crippen LogP contribution in [0, 0.1) is 5.82 Å². The largest absolute Gasteiger partial charge is 0.467 e. The highest BCUT2D eigenvalue weighted by Gasteiger charge is 2.15. The summed E-state index contributed by atoms with van der Waals surface area (Å²) >= 11 is 0. The molecule has 1 aromatic carbocycles. The van der Waals surface area contributed by atoms with Crippen molar-refractivity contribution in [2.45, 2.75) is 25.8 Å². The number of rotatable bonds is 13. The minimum Gasteiger partial charge on any atom is -0.467 e. The topological polar surface area (TPSA) is 60.0 Å². The first kappa shape index (κ1) is 22.2. The summed E-state index contributed by atoms with van der Waals surface area (Å²) in [7, 11) is 1.66. The molecule has 0 saturated carbocycles. The number of benzene rings is 1. The minimum absolute atomic E-state index is 0.217. The van der Waals surface area contributed by atoms with E-state index in [4.69, 9.17) is 13.9 Å². The van der Waals surface area contributed by atoms with Crippen LogP contribution in [0.25, 0.3) is 0 Å². The molecule has 1 atom stereocenters. The van der Waals surface area contributed by atoms with Gasteiger partial charge in [-0.25, -0.2) is 4.39 Å². The van der Waals surface area contributed by atoms with Crippen LogP contribution >= 0.6 is 0 Å². The molecule has 1 N–H and O–H groups in total. The predicted molar refractivity (Wildman–Crippen MR) is 111 cm³/mol. The zero-order valence-corrected chi connectivity index (χ0v) is 17.2. The number of hydrogen-bond acceptors (Lipinski definition) is 5. The van der Waals surface area contributed by atoms with E-state index in [-0.39, 0.29) is 12.4 Å². The number of aromatic nitrogens is 1. The SMILES string of the molecule is COCCN(Cc1cccn1Cc1cccc(F)c1)CC(O)COCc1ccco1. The van der Waals surface area contributed by atoms with E-state index in [1.165, 1.54) is 6.07 Å². The molecule has 0 fully saturated rings. The van der Waals surface area contributed by atoms with E-state index < -0.39 is 6.10 Å². The number of aliphatic hydroxyl groups is 1. The number of ether oxygens (including phenoxy) is 2. The average molecular weight is 416 g/mol. The van der Waals surface area contributed by atoms with Crippen LogP contribution in [0.4, 0.5) is 4.39 Å². The highest BCUT2D eigenvalue weighted by atomic mass is 19.1. The molecule has 0 amide bonds. The second kappa shape index (κ2) is 11.7. The van der Waals surface area contributed by atoms with Crippen molar-refractivity contribution in [3.63, 3.8) is 0 Å². The Kier molecular flexibility index (Phi) is 8.65. The lowest BCUT2D eigenvalue weighted by atomic mass is 10.2. The fourth-order valence-electron chi connectivity index (χ4n) is 3.30. The molecule has 0 bridgehead atoms. The maximum atomic E-state index is 13.5. The quantitative estimate of drug-likeness (QED) is 0.463. The summed E-state index contributed by atoms with van der Waals surface area (Å²) in [6, 6.07) is 14.3. The zero-order chi connectivity index (χ0) is 21.2. The van der Waals surface area contributed by atoms with Gasteiger partial charge in [-0.05, 0) is 42.0 Å². The van der Waals surface area contributed by atoms with Crippen molar-refractivity contribution in [2.75, 3.05) is 33.4 Å². The van der Waals surface area contributed by atoms with Crippen molar-refractivity contribution in [1.82, 2.24) is 9.47 Å². The molecule has 3 aromatic rings. The van der Waals surface area contributed by atoms with Gasteiger partial charge in [-0.1, -0.05) is 12.1 Å². The van der Waals surface area contributed by atoms with Crippen LogP contribution in [0.15, 0.2) is 65.4 Å². The molecule has 0 aliphatic heterocycles. The van der Waals surface area contributed by atoms with Crippen LogP contribution in [-0.4, -0.2) is 54.1 Å². The average Bonchev–Trinajstić information content (AvgIpc) is 3.39. The predicted octanol–water partition coefficient (Wildman–Crippen LogP) is 3.29. The number of hydrogen-bond donors (Lipinski definition) is 1. The number of nitrogens with zero attached hydrogens (tertiary/aromatic N) is 2. The summed E-state index contributed by atoms with van der Waals surface area (Å²) in [5, 5.41) is 10.4. The highest BCUT2D eigenvalue weighted by molar-refractivity contribution is 5.19. The summed E-state index contributed by atoms with van der Waals surface area (Å²) in [6.45, 7) is 3.47. The van der Waals surface area contributed by atoms with Crippen LogP contribution in [0.2, 0.25) is 0 Å². The maximum Gasteiger partial charge on any atom is 0.129 e. The summed E-state index contributed by atoms with van der Waals surface area (Å²) < 4.78 is 31.6. The van der Waals surface area contributed by atoms with Gasteiger partial charge in [0.2, 0.25) is 0 Å². The number of methoxy groups -OCH3 is 1. The molecule has 0 spiro atoms. The minimum atomic E-state index is -0.636. The Bertz CT molecular complexity index is 866. The van der Waals surface area contributed by atoms with Gasteiger partial charge in [0.25, 0.3) is 0 Å². The third kappa shape index (κ3) is 7.11. The Morgan fingerprint density at radius 1 is 1.20 bits per heavy atom.